The summed E-state index contributed by atoms with van der Waals surface area (Å²) in [6, 6.07) is 17.5. The first kappa shape index (κ1) is 14.5. The molecule has 1 N–H and O–H groups in total. The molecule has 5 nitrogen and oxygen atoms in total. The molecule has 21 heavy (non-hydrogen) atoms. The number of carbonyl (C=O) groups is 2. The van der Waals surface area contributed by atoms with E-state index in [9.17, 15) is 9.59 Å². The Labute approximate surface area is 122 Å². The number of rotatable bonds is 4. The van der Waals surface area contributed by atoms with Gasteiger partial charge >= 0.3 is 6.09 Å². The first-order valence-corrected chi connectivity index (χ1v) is 6.34. The van der Waals surface area contributed by atoms with Crippen molar-refractivity contribution in [3.63, 3.8) is 0 Å². The van der Waals surface area contributed by atoms with Crippen molar-refractivity contribution in [3.8, 4) is 0 Å². The summed E-state index contributed by atoms with van der Waals surface area (Å²) in [5.74, 6) is -0.289. The molecule has 0 spiro atoms. The summed E-state index contributed by atoms with van der Waals surface area (Å²) in [6.07, 6.45) is -0.749. The summed E-state index contributed by atoms with van der Waals surface area (Å²) < 4.78 is 0. The fourth-order valence-corrected chi connectivity index (χ4v) is 1.61. The van der Waals surface area contributed by atoms with E-state index >= 15 is 0 Å². The summed E-state index contributed by atoms with van der Waals surface area (Å²) in [5.41, 5.74) is 1.18. The van der Waals surface area contributed by atoms with E-state index in [1.54, 1.807) is 48.5 Å². The van der Waals surface area contributed by atoms with Crippen molar-refractivity contribution in [1.29, 1.82) is 0 Å². The Morgan fingerprint density at radius 3 is 2.14 bits per heavy atom. The minimum absolute atomic E-state index is 0.101. The molecule has 0 unspecified atom stereocenters. The topological polar surface area (TPSA) is 67.8 Å². The van der Waals surface area contributed by atoms with Gasteiger partial charge in [0.2, 0.25) is 5.78 Å². The third-order valence-corrected chi connectivity index (χ3v) is 2.65. The van der Waals surface area contributed by atoms with Gasteiger partial charge in [-0.25, -0.2) is 4.79 Å². The van der Waals surface area contributed by atoms with Crippen LogP contribution in [0.1, 0.15) is 17.3 Å². The maximum absolute atomic E-state index is 12.0. The van der Waals surface area contributed by atoms with Gasteiger partial charge < -0.3 is 0 Å². The lowest BCUT2D eigenvalue weighted by atomic mass is 10.1. The number of ketones is 1. The number of carbonyl (C=O) groups excluding carboxylic acids is 2. The SMILES string of the molecule is C/C(=N\OC(=O)Nc1ccccc1)C(=O)c1ccccc1. The smallest absolute Gasteiger partial charge is 0.297 e. The molecular weight excluding hydrogens is 268 g/mol. The Morgan fingerprint density at radius 1 is 0.952 bits per heavy atom. The molecule has 1 amide bonds. The van der Waals surface area contributed by atoms with Gasteiger partial charge in [0.25, 0.3) is 0 Å². The molecule has 2 rings (SSSR count). The molecule has 0 aliphatic heterocycles. The van der Waals surface area contributed by atoms with Gasteiger partial charge in [0.1, 0.15) is 5.71 Å². The molecule has 2 aromatic carbocycles. The second-order valence-corrected chi connectivity index (χ2v) is 4.24. The largest absolute Gasteiger partial charge is 0.437 e. The zero-order valence-electron chi connectivity index (χ0n) is 11.4. The van der Waals surface area contributed by atoms with Crippen molar-refractivity contribution in [3.05, 3.63) is 66.2 Å². The number of hydrogen-bond donors (Lipinski definition) is 1. The Kier molecular flexibility index (Phi) is 4.82. The normalized spacial score (nSPS) is 10.8. The molecule has 0 saturated heterocycles. The summed E-state index contributed by atoms with van der Waals surface area (Å²) >= 11 is 0. The fourth-order valence-electron chi connectivity index (χ4n) is 1.61. The first-order chi connectivity index (χ1) is 10.2. The Hall–Kier alpha value is -2.95. The van der Waals surface area contributed by atoms with Gasteiger partial charge in [0.15, 0.2) is 0 Å². The second-order valence-electron chi connectivity index (χ2n) is 4.24. The van der Waals surface area contributed by atoms with Crippen molar-refractivity contribution < 1.29 is 14.4 Å². The maximum Gasteiger partial charge on any atom is 0.437 e. The highest BCUT2D eigenvalue weighted by Gasteiger charge is 2.10. The van der Waals surface area contributed by atoms with Crippen LogP contribution in [0.5, 0.6) is 0 Å². The van der Waals surface area contributed by atoms with Crippen LogP contribution in [-0.4, -0.2) is 17.6 Å². The van der Waals surface area contributed by atoms with Crippen LogP contribution in [-0.2, 0) is 4.84 Å². The van der Waals surface area contributed by atoms with E-state index in [-0.39, 0.29) is 11.5 Å². The molecule has 0 saturated carbocycles. The van der Waals surface area contributed by atoms with E-state index in [4.69, 9.17) is 0 Å². The van der Waals surface area contributed by atoms with Crippen molar-refractivity contribution in [2.75, 3.05) is 5.32 Å². The first-order valence-electron chi connectivity index (χ1n) is 6.34. The minimum Gasteiger partial charge on any atom is -0.297 e. The Balaban J connectivity index is 1.94. The van der Waals surface area contributed by atoms with E-state index in [1.807, 2.05) is 12.1 Å². The van der Waals surface area contributed by atoms with E-state index in [2.05, 4.69) is 15.3 Å². The molecule has 0 atom stereocenters. The van der Waals surface area contributed by atoms with E-state index < -0.39 is 6.09 Å². The lowest BCUT2D eigenvalue weighted by Crippen LogP contribution is -2.15. The van der Waals surface area contributed by atoms with Gasteiger partial charge in [0.05, 0.1) is 0 Å². The number of anilines is 1. The lowest BCUT2D eigenvalue weighted by Gasteiger charge is -2.03. The molecule has 0 fully saturated rings. The van der Waals surface area contributed by atoms with Crippen LogP contribution < -0.4 is 5.32 Å². The molecule has 0 heterocycles. The molecule has 0 aliphatic carbocycles. The van der Waals surface area contributed by atoms with Crippen molar-refractivity contribution >= 4 is 23.3 Å². The van der Waals surface area contributed by atoms with Crippen molar-refractivity contribution in [1.82, 2.24) is 0 Å². The molecule has 106 valence electrons. The average molecular weight is 282 g/mol. The van der Waals surface area contributed by atoms with Crippen LogP contribution in [0.4, 0.5) is 10.5 Å². The molecule has 0 aromatic heterocycles. The Bertz CT molecular complexity index is 652. The van der Waals surface area contributed by atoms with Crippen LogP contribution in [0.2, 0.25) is 0 Å². The summed E-state index contributed by atoms with van der Waals surface area (Å²) in [6.45, 7) is 1.49. The van der Waals surface area contributed by atoms with Crippen molar-refractivity contribution in [2.45, 2.75) is 6.92 Å². The van der Waals surface area contributed by atoms with E-state index in [0.717, 1.165) is 0 Å². The second kappa shape index (κ2) is 7.00. The highest BCUT2D eigenvalue weighted by atomic mass is 16.7. The number of oxime groups is 1. The Morgan fingerprint density at radius 2 is 1.52 bits per heavy atom. The summed E-state index contributed by atoms with van der Waals surface area (Å²) in [5, 5.41) is 6.05. The molecule has 5 heteroatoms. The van der Waals surface area contributed by atoms with Gasteiger partial charge in [-0.3, -0.25) is 14.9 Å². The van der Waals surface area contributed by atoms with Crippen LogP contribution >= 0.6 is 0 Å². The summed E-state index contributed by atoms with van der Waals surface area (Å²) in [4.78, 5) is 28.2. The molecule has 2 aromatic rings. The number of benzene rings is 2. The maximum atomic E-state index is 12.0. The summed E-state index contributed by atoms with van der Waals surface area (Å²) in [7, 11) is 0. The predicted molar refractivity (Wildman–Crippen MR) is 80.4 cm³/mol. The lowest BCUT2D eigenvalue weighted by molar-refractivity contribution is 0.105. The minimum atomic E-state index is -0.749. The zero-order valence-corrected chi connectivity index (χ0v) is 11.4. The number of Topliss-reactive ketones (excluding diaryl/α,β-unsaturated/α-hetero) is 1. The highest BCUT2D eigenvalue weighted by molar-refractivity contribution is 6.45. The third-order valence-electron chi connectivity index (χ3n) is 2.65. The number of para-hydroxylation sites is 1. The number of amides is 1. The number of hydrogen-bond acceptors (Lipinski definition) is 4. The molecular formula is C16H14N2O3. The number of nitrogens with zero attached hydrogens (tertiary/aromatic N) is 1. The number of nitrogens with one attached hydrogen (secondary N) is 1. The molecule has 0 radical (unpaired) electrons. The van der Waals surface area contributed by atoms with Crippen molar-refractivity contribution in [2.24, 2.45) is 5.16 Å². The standard InChI is InChI=1S/C16H14N2O3/c1-12(15(19)13-8-4-2-5-9-13)18-21-16(20)17-14-10-6-3-7-11-14/h2-11H,1H3,(H,17,20)/b18-12+. The van der Waals surface area contributed by atoms with Gasteiger partial charge in [-0.2, -0.15) is 0 Å². The average Bonchev–Trinajstić information content (AvgIpc) is 2.53. The van der Waals surface area contributed by atoms with Crippen LogP contribution in [0.3, 0.4) is 0 Å². The fraction of sp³-hybridized carbons (Fsp3) is 0.0625. The predicted octanol–water partition coefficient (Wildman–Crippen LogP) is 3.49. The molecule has 0 aliphatic rings. The highest BCUT2D eigenvalue weighted by Crippen LogP contribution is 2.06. The zero-order chi connectivity index (χ0) is 15.1. The van der Waals surface area contributed by atoms with Gasteiger partial charge in [-0.15, -0.1) is 0 Å². The van der Waals surface area contributed by atoms with Crippen LogP contribution in [0.25, 0.3) is 0 Å². The van der Waals surface area contributed by atoms with Gasteiger partial charge in [0, 0.05) is 11.3 Å². The monoisotopic (exact) mass is 282 g/mol. The third kappa shape index (κ3) is 4.28. The molecule has 0 bridgehead atoms. The van der Waals surface area contributed by atoms with Crippen LogP contribution in [0.15, 0.2) is 65.8 Å². The van der Waals surface area contributed by atoms with Crippen LogP contribution in [0, 0.1) is 0 Å². The quantitative estimate of drug-likeness (QED) is 0.404. The van der Waals surface area contributed by atoms with E-state index in [1.165, 1.54) is 6.92 Å². The van der Waals surface area contributed by atoms with E-state index in [0.29, 0.717) is 11.3 Å². The van der Waals surface area contributed by atoms with Gasteiger partial charge in [-0.05, 0) is 19.1 Å². The van der Waals surface area contributed by atoms with Gasteiger partial charge in [-0.1, -0.05) is 53.7 Å².